The second-order valence-corrected chi connectivity index (χ2v) is 7.94. The van der Waals surface area contributed by atoms with Gasteiger partial charge >= 0.3 is 0 Å². The lowest BCUT2D eigenvalue weighted by Gasteiger charge is -2.50. The average molecular weight is 267 g/mol. The van der Waals surface area contributed by atoms with Crippen LogP contribution in [0.5, 0.6) is 0 Å². The van der Waals surface area contributed by atoms with Crippen LogP contribution >= 0.6 is 0 Å². The van der Waals surface area contributed by atoms with Crippen molar-refractivity contribution >= 4 is 0 Å². The zero-order valence-corrected chi connectivity index (χ0v) is 13.0. The first kappa shape index (κ1) is 12.9. The molecule has 0 heterocycles. The molecule has 2 fully saturated rings. The summed E-state index contributed by atoms with van der Waals surface area (Å²) in [5.74, 6) is 3.43. The molecule has 0 amide bonds. The molecule has 3 aliphatic carbocycles. The van der Waals surface area contributed by atoms with E-state index in [1.807, 2.05) is 0 Å². The molecule has 0 saturated heterocycles. The monoisotopic (exact) mass is 267 g/mol. The van der Waals surface area contributed by atoms with Gasteiger partial charge < -0.3 is 0 Å². The van der Waals surface area contributed by atoms with Crippen LogP contribution in [0.25, 0.3) is 0 Å². The van der Waals surface area contributed by atoms with Gasteiger partial charge in [-0.2, -0.15) is 0 Å². The van der Waals surface area contributed by atoms with Gasteiger partial charge in [0.05, 0.1) is 0 Å². The molecule has 5 atom stereocenters. The molecule has 0 heteroatoms. The molecule has 2 saturated carbocycles. The quantitative estimate of drug-likeness (QED) is 0.598. The Bertz CT molecular complexity index is 529. The number of benzene rings is 1. The third kappa shape index (κ3) is 1.66. The lowest BCUT2D eigenvalue weighted by Crippen LogP contribution is -2.41. The maximum atomic E-state index is 4.49. The Morgan fingerprint density at radius 3 is 2.85 bits per heavy atom. The van der Waals surface area contributed by atoms with Gasteiger partial charge in [0.25, 0.3) is 0 Å². The minimum absolute atomic E-state index is 0.545. The van der Waals surface area contributed by atoms with Crippen molar-refractivity contribution < 1.29 is 0 Å². The predicted molar refractivity (Wildman–Crippen MR) is 84.6 cm³/mol. The molecule has 107 valence electrons. The smallest absolute Gasteiger partial charge is 0.0128 e. The van der Waals surface area contributed by atoms with Crippen LogP contribution in [-0.2, 0) is 6.42 Å². The fraction of sp³-hybridized carbons (Fsp3) is 0.650. The van der Waals surface area contributed by atoms with Gasteiger partial charge in [-0.25, -0.2) is 0 Å². The van der Waals surface area contributed by atoms with Crippen molar-refractivity contribution in [1.82, 2.24) is 0 Å². The zero-order valence-electron chi connectivity index (χ0n) is 13.0. The molecule has 20 heavy (non-hydrogen) atoms. The first-order valence-electron chi connectivity index (χ1n) is 8.52. The van der Waals surface area contributed by atoms with Gasteiger partial charge in [-0.1, -0.05) is 30.7 Å². The Labute approximate surface area is 124 Å². The molecular formula is C20H27. The molecule has 1 radical (unpaired) electrons. The first-order chi connectivity index (χ1) is 9.59. The van der Waals surface area contributed by atoms with Gasteiger partial charge in [-0.15, -0.1) is 0 Å². The van der Waals surface area contributed by atoms with Crippen LogP contribution in [0.2, 0.25) is 0 Å². The molecule has 0 spiro atoms. The highest BCUT2D eigenvalue weighted by Crippen LogP contribution is 2.62. The third-order valence-corrected chi connectivity index (χ3v) is 7.08. The standard InChI is InChI=1S/C20H27/c1-13-4-7-16-15(12-13)6-8-18-17(16)10-11-20(3)14(2)5-9-19(18)20/h4,7,12,14,17-19H,2,5-6,8-11H2,1,3H3. The van der Waals surface area contributed by atoms with Gasteiger partial charge in [-0.3, -0.25) is 0 Å². The van der Waals surface area contributed by atoms with Crippen molar-refractivity contribution in [3.63, 3.8) is 0 Å². The van der Waals surface area contributed by atoms with Crippen LogP contribution in [0.3, 0.4) is 0 Å². The van der Waals surface area contributed by atoms with Crippen LogP contribution in [0, 0.1) is 37.0 Å². The Morgan fingerprint density at radius 1 is 1.15 bits per heavy atom. The van der Waals surface area contributed by atoms with Crippen LogP contribution in [0.4, 0.5) is 0 Å². The van der Waals surface area contributed by atoms with E-state index in [-0.39, 0.29) is 0 Å². The highest BCUT2D eigenvalue weighted by Gasteiger charge is 2.53. The SMILES string of the molecule is [CH2]C1CCC2C3CCc4cc(C)ccc4C3CCC12C. The normalized spacial score (nSPS) is 42.8. The van der Waals surface area contributed by atoms with Crippen LogP contribution < -0.4 is 0 Å². The van der Waals surface area contributed by atoms with E-state index in [1.165, 1.54) is 44.1 Å². The Hall–Kier alpha value is -0.780. The lowest BCUT2D eigenvalue weighted by molar-refractivity contribution is 0.0403. The van der Waals surface area contributed by atoms with Gasteiger partial charge in [0.2, 0.25) is 0 Å². The van der Waals surface area contributed by atoms with Crippen molar-refractivity contribution in [2.75, 3.05) is 0 Å². The summed E-state index contributed by atoms with van der Waals surface area (Å²) in [5, 5.41) is 0. The molecule has 0 N–H and O–H groups in total. The largest absolute Gasteiger partial charge is 0.0591 e. The Morgan fingerprint density at radius 2 is 2.00 bits per heavy atom. The number of rotatable bonds is 0. The second kappa shape index (κ2) is 4.36. The summed E-state index contributed by atoms with van der Waals surface area (Å²) in [4.78, 5) is 0. The van der Waals surface area contributed by atoms with Gasteiger partial charge in [0, 0.05) is 0 Å². The third-order valence-electron chi connectivity index (χ3n) is 7.08. The maximum Gasteiger partial charge on any atom is -0.0128 e. The number of hydrogen-bond acceptors (Lipinski definition) is 0. The molecule has 4 rings (SSSR count). The summed E-state index contributed by atoms with van der Waals surface area (Å²) in [6.45, 7) is 9.26. The number of fused-ring (bicyclic) bond motifs is 5. The fourth-order valence-corrected chi connectivity index (χ4v) is 5.82. The average Bonchev–Trinajstić information content (AvgIpc) is 2.74. The fourth-order valence-electron chi connectivity index (χ4n) is 5.82. The molecule has 0 aliphatic heterocycles. The summed E-state index contributed by atoms with van der Waals surface area (Å²) in [6, 6.07) is 7.22. The molecule has 0 bridgehead atoms. The minimum Gasteiger partial charge on any atom is -0.0591 e. The van der Waals surface area contributed by atoms with Gasteiger partial charge in [-0.05, 0) is 92.6 Å². The summed E-state index contributed by atoms with van der Waals surface area (Å²) in [5.41, 5.74) is 5.32. The summed E-state index contributed by atoms with van der Waals surface area (Å²) < 4.78 is 0. The summed E-state index contributed by atoms with van der Waals surface area (Å²) >= 11 is 0. The molecular weight excluding hydrogens is 240 g/mol. The van der Waals surface area contributed by atoms with E-state index in [4.69, 9.17) is 0 Å². The van der Waals surface area contributed by atoms with Crippen molar-refractivity contribution in [2.24, 2.45) is 23.2 Å². The van der Waals surface area contributed by atoms with Crippen molar-refractivity contribution in [3.05, 3.63) is 41.8 Å². The Kier molecular flexibility index (Phi) is 2.81. The Balaban J connectivity index is 1.71. The van der Waals surface area contributed by atoms with E-state index >= 15 is 0 Å². The first-order valence-corrected chi connectivity index (χ1v) is 8.52. The summed E-state index contributed by atoms with van der Waals surface area (Å²) in [6.07, 6.45) is 8.35. The van der Waals surface area contributed by atoms with Crippen molar-refractivity contribution in [1.29, 1.82) is 0 Å². The van der Waals surface area contributed by atoms with Gasteiger partial charge in [0.15, 0.2) is 0 Å². The van der Waals surface area contributed by atoms with Gasteiger partial charge in [0.1, 0.15) is 0 Å². The molecule has 3 aliphatic rings. The van der Waals surface area contributed by atoms with E-state index in [2.05, 4.69) is 39.0 Å². The van der Waals surface area contributed by atoms with Crippen LogP contribution in [-0.4, -0.2) is 0 Å². The highest BCUT2D eigenvalue weighted by atomic mass is 14.6. The molecule has 1 aromatic rings. The molecule has 5 unspecified atom stereocenters. The van der Waals surface area contributed by atoms with E-state index in [0.717, 1.165) is 17.8 Å². The number of hydrogen-bond donors (Lipinski definition) is 0. The zero-order chi connectivity index (χ0) is 13.9. The van der Waals surface area contributed by atoms with Crippen molar-refractivity contribution in [3.8, 4) is 0 Å². The molecule has 1 aromatic carbocycles. The number of aryl methyl sites for hydroxylation is 2. The van der Waals surface area contributed by atoms with E-state index in [1.54, 1.807) is 11.1 Å². The van der Waals surface area contributed by atoms with Crippen LogP contribution in [0.1, 0.15) is 61.6 Å². The maximum absolute atomic E-state index is 4.49. The minimum atomic E-state index is 0.545. The van der Waals surface area contributed by atoms with Crippen molar-refractivity contribution in [2.45, 2.75) is 58.3 Å². The van der Waals surface area contributed by atoms with E-state index in [0.29, 0.717) is 11.3 Å². The lowest BCUT2D eigenvalue weighted by atomic mass is 9.54. The topological polar surface area (TPSA) is 0 Å². The summed E-state index contributed by atoms with van der Waals surface area (Å²) in [7, 11) is 0. The van der Waals surface area contributed by atoms with E-state index < -0.39 is 0 Å². The van der Waals surface area contributed by atoms with Crippen LogP contribution in [0.15, 0.2) is 18.2 Å². The predicted octanol–water partition coefficient (Wildman–Crippen LogP) is 5.30. The highest BCUT2D eigenvalue weighted by molar-refractivity contribution is 5.37. The molecule has 0 aromatic heterocycles. The van der Waals surface area contributed by atoms with E-state index in [9.17, 15) is 0 Å². The second-order valence-electron chi connectivity index (χ2n) is 7.94. The molecule has 0 nitrogen and oxygen atoms in total.